The number of rotatable bonds is 4. The van der Waals surface area contributed by atoms with Crippen molar-refractivity contribution in [2.24, 2.45) is 7.05 Å². The van der Waals surface area contributed by atoms with Gasteiger partial charge in [-0.05, 0) is 72.5 Å². The van der Waals surface area contributed by atoms with Crippen molar-refractivity contribution in [3.05, 3.63) is 95.3 Å². The lowest BCUT2D eigenvalue weighted by atomic mass is 10.0. The second-order valence-corrected chi connectivity index (χ2v) is 12.5. The summed E-state index contributed by atoms with van der Waals surface area (Å²) < 4.78 is 39.4. The zero-order valence-electron chi connectivity index (χ0n) is 27.9. The molecule has 2 aromatic heterocycles. The minimum Gasteiger partial charge on any atom is -0.483 e. The van der Waals surface area contributed by atoms with Gasteiger partial charge in [-0.1, -0.05) is 29.8 Å². The predicted molar refractivity (Wildman–Crippen MR) is 192 cm³/mol. The van der Waals surface area contributed by atoms with Crippen LogP contribution in [0.5, 0.6) is 5.75 Å². The maximum atomic E-state index is 13.2. The first-order chi connectivity index (χ1) is 25.0. The van der Waals surface area contributed by atoms with Crippen LogP contribution in [0.4, 0.5) is 46.8 Å². The van der Waals surface area contributed by atoms with E-state index < -0.39 is 12.5 Å². The van der Waals surface area contributed by atoms with Crippen LogP contribution in [0, 0.1) is 0 Å². The highest BCUT2D eigenvalue weighted by molar-refractivity contribution is 6.32. The van der Waals surface area contributed by atoms with Crippen molar-refractivity contribution in [1.82, 2.24) is 24.3 Å². The summed E-state index contributed by atoms with van der Waals surface area (Å²) in [6, 6.07) is 21.5. The average molecular weight is 735 g/mol. The summed E-state index contributed by atoms with van der Waals surface area (Å²) in [6.07, 6.45) is -0.701. The van der Waals surface area contributed by atoms with Gasteiger partial charge < -0.3 is 35.1 Å². The number of benzene rings is 3. The van der Waals surface area contributed by atoms with E-state index in [1.54, 1.807) is 16.0 Å². The Hall–Kier alpha value is -5.83. The minimum atomic E-state index is -4.64. The van der Waals surface area contributed by atoms with Crippen molar-refractivity contribution in [2.75, 3.05) is 48.7 Å². The summed E-state index contributed by atoms with van der Waals surface area (Å²) >= 11 is 6.40. The molecule has 16 heteroatoms. The molecule has 270 valence electrons. The largest absolute Gasteiger partial charge is 0.483 e. The molecule has 2 aliphatic heterocycles. The topological polar surface area (TPSA) is 134 Å². The molecule has 0 radical (unpaired) electrons. The third-order valence-electron chi connectivity index (χ3n) is 8.51. The highest BCUT2D eigenvalue weighted by atomic mass is 35.5. The lowest BCUT2D eigenvalue weighted by Gasteiger charge is -2.34. The van der Waals surface area contributed by atoms with Crippen molar-refractivity contribution in [1.29, 1.82) is 0 Å². The van der Waals surface area contributed by atoms with Gasteiger partial charge in [-0.2, -0.15) is 18.2 Å². The normalized spacial score (nSPS) is 13.9. The van der Waals surface area contributed by atoms with Crippen molar-refractivity contribution in [2.45, 2.75) is 19.0 Å². The van der Waals surface area contributed by atoms with E-state index in [4.69, 9.17) is 21.1 Å². The first-order valence-electron chi connectivity index (χ1n) is 16.3. The molecule has 52 heavy (non-hydrogen) atoms. The molecule has 3 N–H and O–H groups in total. The van der Waals surface area contributed by atoms with Gasteiger partial charge in [0.05, 0.1) is 11.9 Å². The van der Waals surface area contributed by atoms with Crippen LogP contribution in [0.15, 0.2) is 79.1 Å². The number of anilines is 5. The number of aryl methyl sites for hydroxylation is 3. The van der Waals surface area contributed by atoms with E-state index in [2.05, 4.69) is 38.1 Å². The SMILES string of the molecule is Cn1ccc2c(NC(=O)N3CCN(C(=O)COc4ccc5cc4CCc4cccc(c4)Nc4ncc(Cl)c(n4)N5)CC3)cccc21.O=CC(F)(F)F. The van der Waals surface area contributed by atoms with Crippen LogP contribution in [0.25, 0.3) is 10.9 Å². The number of aldehydes is 1. The third-order valence-corrected chi connectivity index (χ3v) is 8.78. The highest BCUT2D eigenvalue weighted by Gasteiger charge is 2.26. The summed E-state index contributed by atoms with van der Waals surface area (Å²) in [7, 11) is 1.98. The van der Waals surface area contributed by atoms with Gasteiger partial charge in [0.2, 0.25) is 12.2 Å². The maximum Gasteiger partial charge on any atom is 0.446 e. The molecule has 0 saturated carbocycles. The molecule has 2 aliphatic rings. The molecular weight excluding hydrogens is 701 g/mol. The third kappa shape index (κ3) is 8.90. The number of aromatic nitrogens is 3. The Labute approximate surface area is 301 Å². The molecule has 1 fully saturated rings. The van der Waals surface area contributed by atoms with Gasteiger partial charge >= 0.3 is 12.2 Å². The summed E-state index contributed by atoms with van der Waals surface area (Å²) in [5, 5.41) is 11.0. The van der Waals surface area contributed by atoms with E-state index in [1.807, 2.05) is 72.4 Å². The Morgan fingerprint density at radius 3 is 2.46 bits per heavy atom. The Balaban J connectivity index is 0.000000715. The van der Waals surface area contributed by atoms with Crippen LogP contribution in [0.2, 0.25) is 5.02 Å². The van der Waals surface area contributed by atoms with Crippen molar-refractivity contribution < 1.29 is 32.3 Å². The Bertz CT molecular complexity index is 2100. The van der Waals surface area contributed by atoms with Gasteiger partial charge in [0.15, 0.2) is 12.4 Å². The number of carbonyl (C=O) groups excluding carboxylic acids is 3. The zero-order valence-corrected chi connectivity index (χ0v) is 28.7. The number of ether oxygens (including phenoxy) is 1. The summed E-state index contributed by atoms with van der Waals surface area (Å²) in [6.45, 7) is 1.66. The smallest absolute Gasteiger partial charge is 0.446 e. The van der Waals surface area contributed by atoms with Crippen LogP contribution in [-0.4, -0.2) is 81.5 Å². The molecule has 12 nitrogen and oxygen atoms in total. The van der Waals surface area contributed by atoms with E-state index in [1.165, 1.54) is 0 Å². The highest BCUT2D eigenvalue weighted by Crippen LogP contribution is 2.31. The Morgan fingerprint density at radius 1 is 0.962 bits per heavy atom. The molecule has 1 saturated heterocycles. The number of nitrogens with one attached hydrogen (secondary N) is 3. The molecular formula is C36H34ClF3N8O4. The molecule has 6 bridgehead atoms. The van der Waals surface area contributed by atoms with Gasteiger partial charge in [-0.15, -0.1) is 0 Å². The fourth-order valence-electron chi connectivity index (χ4n) is 5.85. The molecule has 7 rings (SSSR count). The van der Waals surface area contributed by atoms with E-state index >= 15 is 0 Å². The Morgan fingerprint density at radius 2 is 1.69 bits per heavy atom. The van der Waals surface area contributed by atoms with E-state index in [-0.39, 0.29) is 18.5 Å². The summed E-state index contributed by atoms with van der Waals surface area (Å²) in [5.41, 5.74) is 5.59. The summed E-state index contributed by atoms with van der Waals surface area (Å²) in [4.78, 5) is 47.3. The first kappa shape index (κ1) is 36.0. The van der Waals surface area contributed by atoms with Crippen molar-refractivity contribution >= 4 is 69.6 Å². The van der Waals surface area contributed by atoms with Crippen LogP contribution in [-0.2, 0) is 29.5 Å². The van der Waals surface area contributed by atoms with Gasteiger partial charge in [0, 0.05) is 61.7 Å². The molecule has 0 atom stereocenters. The molecule has 0 aliphatic carbocycles. The number of hydrogen-bond donors (Lipinski definition) is 3. The van der Waals surface area contributed by atoms with E-state index in [9.17, 15) is 22.8 Å². The van der Waals surface area contributed by atoms with Gasteiger partial charge in [0.1, 0.15) is 10.8 Å². The average Bonchev–Trinajstić information content (AvgIpc) is 3.52. The second-order valence-electron chi connectivity index (χ2n) is 12.1. The summed E-state index contributed by atoms with van der Waals surface area (Å²) in [5.74, 6) is 1.44. The monoisotopic (exact) mass is 734 g/mol. The van der Waals surface area contributed by atoms with Crippen LogP contribution >= 0.6 is 11.6 Å². The lowest BCUT2D eigenvalue weighted by molar-refractivity contribution is -0.156. The minimum absolute atomic E-state index is 0.0948. The number of nitrogens with zero attached hydrogens (tertiary/aromatic N) is 5. The number of halogens is 4. The maximum absolute atomic E-state index is 13.2. The Kier molecular flexibility index (Phi) is 10.8. The zero-order chi connectivity index (χ0) is 36.8. The van der Waals surface area contributed by atoms with Crippen molar-refractivity contribution in [3.63, 3.8) is 0 Å². The number of hydrogen-bond acceptors (Lipinski definition) is 8. The molecule has 0 unspecified atom stereocenters. The lowest BCUT2D eigenvalue weighted by Crippen LogP contribution is -2.52. The number of piperazine rings is 1. The predicted octanol–water partition coefficient (Wildman–Crippen LogP) is 6.71. The van der Waals surface area contributed by atoms with E-state index in [0.29, 0.717) is 55.1 Å². The number of carbonyl (C=O) groups is 3. The van der Waals surface area contributed by atoms with Gasteiger partial charge in [0.25, 0.3) is 5.91 Å². The number of alkyl halides is 3. The second kappa shape index (κ2) is 15.6. The van der Waals surface area contributed by atoms with Crippen LogP contribution < -0.4 is 20.7 Å². The molecule has 3 aromatic carbocycles. The molecule has 0 spiro atoms. The number of urea groups is 1. The fourth-order valence-corrected chi connectivity index (χ4v) is 5.99. The van der Waals surface area contributed by atoms with Gasteiger partial charge in [-0.25, -0.2) is 9.78 Å². The molecule has 5 aromatic rings. The first-order valence-corrected chi connectivity index (χ1v) is 16.7. The fraction of sp³-hybridized carbons (Fsp3) is 0.250. The van der Waals surface area contributed by atoms with Crippen molar-refractivity contribution in [3.8, 4) is 5.75 Å². The van der Waals surface area contributed by atoms with Crippen LogP contribution in [0.1, 0.15) is 11.1 Å². The number of fused-ring (bicyclic) bond motifs is 7. The molecule has 4 heterocycles. The molecule has 3 amide bonds. The van der Waals surface area contributed by atoms with Crippen LogP contribution in [0.3, 0.4) is 0 Å². The van der Waals surface area contributed by atoms with E-state index in [0.717, 1.165) is 45.5 Å². The quantitative estimate of drug-likeness (QED) is 0.174. The standard InChI is InChI=1S/C34H33ClN8O3.C2HF3O/c1-41-13-12-26-28(6-3-7-29(26)41)39-34(45)43-16-14-42(15-17-43)31(44)21-46-30-11-10-25-19-23(30)9-8-22-4-2-5-24(18-22)38-33-36-20-27(35)32(37-25)40-33;3-2(4,5)1-6/h2-7,10-13,18-20H,8-9,14-17,21H2,1H3,(H,39,45)(H2,36,37,38,40);1H. The number of amides is 3. The van der Waals surface area contributed by atoms with Gasteiger partial charge in [-0.3, -0.25) is 9.59 Å².